The summed E-state index contributed by atoms with van der Waals surface area (Å²) in [6.45, 7) is 4.57. The van der Waals surface area contributed by atoms with Gasteiger partial charge < -0.3 is 30.1 Å². The van der Waals surface area contributed by atoms with Crippen LogP contribution in [0.3, 0.4) is 0 Å². The van der Waals surface area contributed by atoms with E-state index in [0.717, 1.165) is 36.9 Å². The smallest absolute Gasteiger partial charge is 0.331 e. The Labute approximate surface area is 237 Å². The van der Waals surface area contributed by atoms with Gasteiger partial charge in [-0.2, -0.15) is 0 Å². The first-order chi connectivity index (χ1) is 19.4. The third-order valence-corrected chi connectivity index (χ3v) is 7.65. The van der Waals surface area contributed by atoms with Crippen LogP contribution in [0.5, 0.6) is 11.5 Å². The van der Waals surface area contributed by atoms with Gasteiger partial charge in [0.1, 0.15) is 24.3 Å². The molecule has 216 valence electrons. The molecule has 1 aliphatic carbocycles. The number of aliphatic hydroxyl groups is 1. The second kappa shape index (κ2) is 14.2. The summed E-state index contributed by atoms with van der Waals surface area (Å²) in [7, 11) is 0. The number of para-hydroxylation sites is 1. The minimum absolute atomic E-state index is 0.0165. The fraction of sp³-hybridized carbons (Fsp3) is 0.516. The van der Waals surface area contributed by atoms with E-state index in [2.05, 4.69) is 11.9 Å². The van der Waals surface area contributed by atoms with Crippen molar-refractivity contribution in [3.05, 3.63) is 54.1 Å². The summed E-state index contributed by atoms with van der Waals surface area (Å²) in [5, 5.41) is 10.5. The highest BCUT2D eigenvalue weighted by atomic mass is 16.5. The van der Waals surface area contributed by atoms with Crippen molar-refractivity contribution < 1.29 is 24.2 Å². The molecule has 9 heteroatoms. The van der Waals surface area contributed by atoms with Crippen LogP contribution in [0.25, 0.3) is 0 Å². The monoisotopic (exact) mass is 550 g/mol. The van der Waals surface area contributed by atoms with Crippen LogP contribution in [0.1, 0.15) is 70.8 Å². The molecule has 2 atom stereocenters. The maximum atomic E-state index is 13.2. The summed E-state index contributed by atoms with van der Waals surface area (Å²) in [6.07, 6.45) is 6.64. The summed E-state index contributed by atoms with van der Waals surface area (Å²) >= 11 is 0. The van der Waals surface area contributed by atoms with Gasteiger partial charge in [-0.05, 0) is 68.9 Å². The van der Waals surface area contributed by atoms with Crippen LogP contribution in [0.15, 0.2) is 53.5 Å². The Bertz CT molecular complexity index is 1160. The van der Waals surface area contributed by atoms with Crippen molar-refractivity contribution in [3.8, 4) is 11.5 Å². The molecule has 4 rings (SSSR count). The Morgan fingerprint density at radius 3 is 2.60 bits per heavy atom. The van der Waals surface area contributed by atoms with E-state index in [0.29, 0.717) is 43.4 Å². The van der Waals surface area contributed by atoms with E-state index in [1.165, 1.54) is 12.8 Å². The Kier molecular flexibility index (Phi) is 10.4. The minimum Gasteiger partial charge on any atom is -0.494 e. The molecule has 1 saturated carbocycles. The first-order valence-corrected chi connectivity index (χ1v) is 14.5. The van der Waals surface area contributed by atoms with Gasteiger partial charge in [0.05, 0.1) is 12.3 Å². The molecule has 1 heterocycles. The number of nitrogens with zero attached hydrogens (tertiary/aromatic N) is 3. The number of aliphatic hydroxyl groups excluding tert-OH is 1. The SMILES string of the molecule is CCCC(C1CCCC1)N(C(=O)CCCOc1ccc2c(c1)CN(CC(=O)Oc1ccccc1)C(N)=N2)C(C)O. The summed E-state index contributed by atoms with van der Waals surface area (Å²) in [6, 6.07) is 14.6. The van der Waals surface area contributed by atoms with E-state index in [4.69, 9.17) is 15.2 Å². The molecule has 1 aliphatic heterocycles. The second-order valence-electron chi connectivity index (χ2n) is 10.7. The number of ether oxygens (including phenoxy) is 2. The quantitative estimate of drug-likeness (QED) is 0.160. The summed E-state index contributed by atoms with van der Waals surface area (Å²) in [5.41, 5.74) is 7.72. The fourth-order valence-corrected chi connectivity index (χ4v) is 5.77. The van der Waals surface area contributed by atoms with Crippen LogP contribution in [0.2, 0.25) is 0 Å². The number of fused-ring (bicyclic) bond motifs is 1. The number of guanidine groups is 1. The van der Waals surface area contributed by atoms with Gasteiger partial charge in [-0.25, -0.2) is 9.79 Å². The Morgan fingerprint density at radius 2 is 1.90 bits per heavy atom. The van der Waals surface area contributed by atoms with Gasteiger partial charge in [-0.3, -0.25) is 4.79 Å². The molecule has 2 aromatic carbocycles. The molecule has 0 bridgehead atoms. The number of aliphatic imine (C=N–C) groups is 1. The highest BCUT2D eigenvalue weighted by Crippen LogP contribution is 2.34. The molecule has 9 nitrogen and oxygen atoms in total. The molecule has 1 amide bonds. The van der Waals surface area contributed by atoms with Crippen LogP contribution in [0.4, 0.5) is 5.69 Å². The van der Waals surface area contributed by atoms with Crippen molar-refractivity contribution in [1.82, 2.24) is 9.80 Å². The molecule has 0 aromatic heterocycles. The molecule has 0 saturated heterocycles. The third kappa shape index (κ3) is 7.75. The Balaban J connectivity index is 1.29. The maximum Gasteiger partial charge on any atom is 0.331 e. The average molecular weight is 551 g/mol. The predicted molar refractivity (Wildman–Crippen MR) is 154 cm³/mol. The molecule has 2 aliphatic rings. The zero-order chi connectivity index (χ0) is 28.5. The van der Waals surface area contributed by atoms with Crippen molar-refractivity contribution in [2.24, 2.45) is 16.6 Å². The number of hydrogen-bond donors (Lipinski definition) is 2. The predicted octanol–water partition coefficient (Wildman–Crippen LogP) is 4.74. The van der Waals surface area contributed by atoms with Gasteiger partial charge in [-0.15, -0.1) is 0 Å². The number of benzene rings is 2. The standard InChI is InChI=1S/C31H42N4O5/c1-3-10-28(23-11-7-8-12-23)35(22(2)36)29(37)15-9-18-39-26-16-17-27-24(19-26)20-34(31(32)33-27)21-30(38)40-25-13-5-4-6-14-25/h4-6,13-14,16-17,19,22-23,28,36H,3,7-12,15,18,20-21H2,1-2H3,(H2,32,33). The largest absolute Gasteiger partial charge is 0.494 e. The third-order valence-electron chi connectivity index (χ3n) is 7.65. The summed E-state index contributed by atoms with van der Waals surface area (Å²) in [5.74, 6) is 1.43. The second-order valence-corrected chi connectivity index (χ2v) is 10.7. The van der Waals surface area contributed by atoms with Crippen LogP contribution in [0, 0.1) is 5.92 Å². The minimum atomic E-state index is -0.799. The van der Waals surface area contributed by atoms with E-state index in [1.807, 2.05) is 24.3 Å². The number of amides is 1. The van der Waals surface area contributed by atoms with Gasteiger partial charge in [0, 0.05) is 24.6 Å². The summed E-state index contributed by atoms with van der Waals surface area (Å²) < 4.78 is 11.4. The Hall–Kier alpha value is -3.59. The topological polar surface area (TPSA) is 118 Å². The Morgan fingerprint density at radius 1 is 1.15 bits per heavy atom. The molecule has 2 unspecified atom stereocenters. The van der Waals surface area contributed by atoms with E-state index < -0.39 is 12.2 Å². The van der Waals surface area contributed by atoms with Gasteiger partial charge >= 0.3 is 5.97 Å². The first kappa shape index (κ1) is 29.4. The van der Waals surface area contributed by atoms with E-state index in [-0.39, 0.29) is 24.5 Å². The number of nitrogens with two attached hydrogens (primary N) is 1. The van der Waals surface area contributed by atoms with Crippen LogP contribution >= 0.6 is 0 Å². The lowest BCUT2D eigenvalue weighted by Crippen LogP contribution is -2.49. The molecule has 1 fully saturated rings. The van der Waals surface area contributed by atoms with Crippen molar-refractivity contribution in [2.75, 3.05) is 13.2 Å². The zero-order valence-corrected chi connectivity index (χ0v) is 23.6. The van der Waals surface area contributed by atoms with Gasteiger partial charge in [0.2, 0.25) is 5.91 Å². The highest BCUT2D eigenvalue weighted by Gasteiger charge is 2.34. The molecule has 0 radical (unpaired) electrons. The first-order valence-electron chi connectivity index (χ1n) is 14.5. The number of carbonyl (C=O) groups excluding carboxylic acids is 2. The molecule has 40 heavy (non-hydrogen) atoms. The molecular weight excluding hydrogens is 508 g/mol. The average Bonchev–Trinajstić information content (AvgIpc) is 3.47. The van der Waals surface area contributed by atoms with Crippen LogP contribution in [-0.2, 0) is 16.1 Å². The van der Waals surface area contributed by atoms with Crippen LogP contribution in [-0.4, -0.2) is 58.2 Å². The van der Waals surface area contributed by atoms with E-state index >= 15 is 0 Å². The number of esters is 1. The maximum absolute atomic E-state index is 13.2. The lowest BCUT2D eigenvalue weighted by molar-refractivity contribution is -0.147. The zero-order valence-electron chi connectivity index (χ0n) is 23.6. The van der Waals surface area contributed by atoms with Gasteiger partial charge in [0.25, 0.3) is 0 Å². The molecule has 2 aromatic rings. The molecule has 3 N–H and O–H groups in total. The lowest BCUT2D eigenvalue weighted by Gasteiger charge is -2.38. The number of rotatable bonds is 13. The van der Waals surface area contributed by atoms with E-state index in [9.17, 15) is 14.7 Å². The van der Waals surface area contributed by atoms with Gasteiger partial charge in [0.15, 0.2) is 5.96 Å². The normalized spacial score (nSPS) is 16.6. The van der Waals surface area contributed by atoms with Crippen molar-refractivity contribution in [3.63, 3.8) is 0 Å². The van der Waals surface area contributed by atoms with Crippen LogP contribution < -0.4 is 15.2 Å². The van der Waals surface area contributed by atoms with Gasteiger partial charge in [-0.1, -0.05) is 44.4 Å². The number of carbonyl (C=O) groups is 2. The highest BCUT2D eigenvalue weighted by molar-refractivity contribution is 5.87. The van der Waals surface area contributed by atoms with E-state index in [1.54, 1.807) is 41.0 Å². The van der Waals surface area contributed by atoms with Crippen molar-refractivity contribution >= 4 is 23.5 Å². The molecular formula is C31H42N4O5. The summed E-state index contributed by atoms with van der Waals surface area (Å²) in [4.78, 5) is 33.4. The number of hydrogen-bond acceptors (Lipinski definition) is 8. The fourth-order valence-electron chi connectivity index (χ4n) is 5.77. The lowest BCUT2D eigenvalue weighted by atomic mass is 9.92. The van der Waals surface area contributed by atoms with Crippen molar-refractivity contribution in [1.29, 1.82) is 0 Å². The van der Waals surface area contributed by atoms with Crippen molar-refractivity contribution in [2.45, 2.75) is 84.0 Å². The molecule has 0 spiro atoms.